The van der Waals surface area contributed by atoms with Gasteiger partial charge < -0.3 is 9.64 Å². The summed E-state index contributed by atoms with van der Waals surface area (Å²) in [6.45, 7) is 5.71. The van der Waals surface area contributed by atoms with Crippen molar-refractivity contribution in [1.82, 2.24) is 4.90 Å². The number of hydrogen-bond donors (Lipinski definition) is 1. The molecule has 7 nitrogen and oxygen atoms in total. The van der Waals surface area contributed by atoms with Crippen molar-refractivity contribution in [1.29, 1.82) is 5.26 Å². The Kier molecular flexibility index (Phi) is 8.70. The van der Waals surface area contributed by atoms with Crippen LogP contribution in [0.3, 0.4) is 0 Å². The number of ether oxygens (including phenoxy) is 1. The van der Waals surface area contributed by atoms with Gasteiger partial charge >= 0.3 is 0 Å². The molecule has 1 heterocycles. The SMILES string of the molecule is CCCCOc1ccc(S(=O)(=O)Nc2cc(C(=O)N3CCC(c4ccc(C#N)cc4)CC3)ccc2C)cc1. The lowest BCUT2D eigenvalue weighted by molar-refractivity contribution is 0.0713. The lowest BCUT2D eigenvalue weighted by atomic mass is 9.89. The first-order chi connectivity index (χ1) is 18.3. The van der Waals surface area contributed by atoms with Gasteiger partial charge in [0.05, 0.1) is 28.8 Å². The van der Waals surface area contributed by atoms with Gasteiger partial charge in [-0.05, 0) is 91.8 Å². The second kappa shape index (κ2) is 12.1. The standard InChI is InChI=1S/C30H33N3O4S/c1-3-4-19-37-27-11-13-28(14-12-27)38(35,36)32-29-20-26(8-5-22(29)2)30(34)33-17-15-25(16-18-33)24-9-6-23(21-31)7-10-24/h5-14,20,25,32H,3-4,15-19H2,1-2H3. The Hall–Kier alpha value is -3.83. The molecule has 0 spiro atoms. The molecule has 38 heavy (non-hydrogen) atoms. The van der Waals surface area contributed by atoms with E-state index >= 15 is 0 Å². The van der Waals surface area contributed by atoms with Crippen LogP contribution >= 0.6 is 0 Å². The van der Waals surface area contributed by atoms with E-state index in [1.807, 2.05) is 29.2 Å². The Morgan fingerprint density at radius 1 is 1.05 bits per heavy atom. The Bertz CT molecular complexity index is 1400. The van der Waals surface area contributed by atoms with Crippen LogP contribution in [0.15, 0.2) is 71.6 Å². The zero-order valence-corrected chi connectivity index (χ0v) is 22.6. The third kappa shape index (κ3) is 6.53. The highest BCUT2D eigenvalue weighted by Crippen LogP contribution is 2.30. The molecule has 4 rings (SSSR count). The van der Waals surface area contributed by atoms with Crippen LogP contribution in [0.5, 0.6) is 5.75 Å². The average molecular weight is 532 g/mol. The molecular weight excluding hydrogens is 498 g/mol. The lowest BCUT2D eigenvalue weighted by Crippen LogP contribution is -2.38. The van der Waals surface area contributed by atoms with Crippen molar-refractivity contribution in [2.75, 3.05) is 24.4 Å². The second-order valence-corrected chi connectivity index (χ2v) is 11.3. The number of aryl methyl sites for hydroxylation is 1. The van der Waals surface area contributed by atoms with Gasteiger partial charge in [0.2, 0.25) is 0 Å². The summed E-state index contributed by atoms with van der Waals surface area (Å²) in [7, 11) is -3.84. The average Bonchev–Trinajstić information content (AvgIpc) is 2.94. The van der Waals surface area contributed by atoms with E-state index in [4.69, 9.17) is 10.00 Å². The molecule has 0 saturated carbocycles. The molecule has 0 aliphatic carbocycles. The number of amides is 1. The van der Waals surface area contributed by atoms with Gasteiger partial charge in [0.15, 0.2) is 0 Å². The number of rotatable bonds is 9. The third-order valence-electron chi connectivity index (χ3n) is 6.92. The number of hydrogen-bond acceptors (Lipinski definition) is 5. The second-order valence-electron chi connectivity index (χ2n) is 9.61. The van der Waals surface area contributed by atoms with Crippen LogP contribution in [0, 0.1) is 18.3 Å². The largest absolute Gasteiger partial charge is 0.494 e. The number of anilines is 1. The molecule has 1 saturated heterocycles. The molecule has 1 amide bonds. The minimum absolute atomic E-state index is 0.114. The molecule has 3 aromatic rings. The Morgan fingerprint density at radius 2 is 1.74 bits per heavy atom. The van der Waals surface area contributed by atoms with E-state index in [1.54, 1.807) is 37.3 Å². The van der Waals surface area contributed by atoms with Crippen molar-refractivity contribution < 1.29 is 17.9 Å². The predicted molar refractivity (Wildman–Crippen MR) is 148 cm³/mol. The number of piperidine rings is 1. The van der Waals surface area contributed by atoms with Crippen LogP contribution in [0.2, 0.25) is 0 Å². The molecule has 0 radical (unpaired) electrons. The van der Waals surface area contributed by atoms with Gasteiger partial charge in [-0.2, -0.15) is 5.26 Å². The van der Waals surface area contributed by atoms with Gasteiger partial charge in [-0.15, -0.1) is 0 Å². The monoisotopic (exact) mass is 531 g/mol. The van der Waals surface area contributed by atoms with Crippen LogP contribution in [0.25, 0.3) is 0 Å². The van der Waals surface area contributed by atoms with Crippen LogP contribution in [-0.2, 0) is 10.0 Å². The van der Waals surface area contributed by atoms with Crippen LogP contribution in [-0.4, -0.2) is 38.9 Å². The number of carbonyl (C=O) groups is 1. The number of likely N-dealkylation sites (tertiary alicyclic amines) is 1. The van der Waals surface area contributed by atoms with Gasteiger partial charge in [-0.1, -0.05) is 31.5 Å². The van der Waals surface area contributed by atoms with Crippen LogP contribution < -0.4 is 9.46 Å². The summed E-state index contributed by atoms with van der Waals surface area (Å²) in [5, 5.41) is 9.01. The van der Waals surface area contributed by atoms with Crippen LogP contribution in [0.1, 0.15) is 65.6 Å². The highest BCUT2D eigenvalue weighted by atomic mass is 32.2. The molecular formula is C30H33N3O4S. The van der Waals surface area contributed by atoms with E-state index in [9.17, 15) is 13.2 Å². The molecule has 3 aromatic carbocycles. The Morgan fingerprint density at radius 3 is 2.37 bits per heavy atom. The van der Waals surface area contributed by atoms with Gasteiger partial charge in [0.25, 0.3) is 15.9 Å². The highest BCUT2D eigenvalue weighted by Gasteiger charge is 2.25. The van der Waals surface area contributed by atoms with E-state index in [2.05, 4.69) is 17.7 Å². The molecule has 0 unspecified atom stereocenters. The molecule has 1 fully saturated rings. The van der Waals surface area contributed by atoms with Crippen molar-refractivity contribution in [2.24, 2.45) is 0 Å². The van der Waals surface area contributed by atoms with Gasteiger partial charge in [-0.3, -0.25) is 9.52 Å². The topological polar surface area (TPSA) is 99.5 Å². The maximum Gasteiger partial charge on any atom is 0.261 e. The van der Waals surface area contributed by atoms with Gasteiger partial charge in [0, 0.05) is 18.7 Å². The smallest absolute Gasteiger partial charge is 0.261 e. The van der Waals surface area contributed by atoms with E-state index < -0.39 is 10.0 Å². The van der Waals surface area contributed by atoms with Crippen molar-refractivity contribution in [3.8, 4) is 11.8 Å². The molecule has 8 heteroatoms. The number of sulfonamides is 1. The first kappa shape index (κ1) is 27.2. The fourth-order valence-corrected chi connectivity index (χ4v) is 5.67. The summed E-state index contributed by atoms with van der Waals surface area (Å²) in [5.41, 5.74) is 3.38. The zero-order valence-electron chi connectivity index (χ0n) is 21.8. The van der Waals surface area contributed by atoms with Gasteiger partial charge in [0.1, 0.15) is 5.75 Å². The van der Waals surface area contributed by atoms with E-state index in [1.165, 1.54) is 17.7 Å². The first-order valence-electron chi connectivity index (χ1n) is 13.0. The molecule has 0 aromatic heterocycles. The minimum atomic E-state index is -3.84. The Balaban J connectivity index is 1.41. The van der Waals surface area contributed by atoms with E-state index in [0.717, 1.165) is 31.2 Å². The molecule has 198 valence electrons. The number of carbonyl (C=O) groups excluding carboxylic acids is 1. The number of unbranched alkanes of at least 4 members (excludes halogenated alkanes) is 1. The fourth-order valence-electron chi connectivity index (χ4n) is 4.55. The predicted octanol–water partition coefficient (Wildman–Crippen LogP) is 5.87. The van der Waals surface area contributed by atoms with Crippen molar-refractivity contribution in [3.05, 3.63) is 89.0 Å². The third-order valence-corrected chi connectivity index (χ3v) is 8.30. The maximum atomic E-state index is 13.3. The summed E-state index contributed by atoms with van der Waals surface area (Å²) in [4.78, 5) is 15.2. The Labute approximate surface area is 225 Å². The summed E-state index contributed by atoms with van der Waals surface area (Å²) in [6.07, 6.45) is 3.63. The zero-order chi connectivity index (χ0) is 27.1. The summed E-state index contributed by atoms with van der Waals surface area (Å²) >= 11 is 0. The van der Waals surface area contributed by atoms with E-state index in [0.29, 0.717) is 48.2 Å². The molecule has 1 aliphatic rings. The lowest BCUT2D eigenvalue weighted by Gasteiger charge is -2.32. The molecule has 0 atom stereocenters. The van der Waals surface area contributed by atoms with Crippen molar-refractivity contribution in [2.45, 2.75) is 50.3 Å². The highest BCUT2D eigenvalue weighted by molar-refractivity contribution is 7.92. The van der Waals surface area contributed by atoms with Crippen molar-refractivity contribution in [3.63, 3.8) is 0 Å². The minimum Gasteiger partial charge on any atom is -0.494 e. The van der Waals surface area contributed by atoms with Crippen LogP contribution in [0.4, 0.5) is 5.69 Å². The molecule has 1 aliphatic heterocycles. The number of nitrogens with one attached hydrogen (secondary N) is 1. The normalized spacial score (nSPS) is 14.1. The first-order valence-corrected chi connectivity index (χ1v) is 14.4. The fraction of sp³-hybridized carbons (Fsp3) is 0.333. The number of nitriles is 1. The molecule has 0 bridgehead atoms. The summed E-state index contributed by atoms with van der Waals surface area (Å²) < 4.78 is 34.4. The number of benzene rings is 3. The van der Waals surface area contributed by atoms with Gasteiger partial charge in [-0.25, -0.2) is 8.42 Å². The number of nitrogens with zero attached hydrogens (tertiary/aromatic N) is 2. The molecule has 1 N–H and O–H groups in total. The van der Waals surface area contributed by atoms with Crippen molar-refractivity contribution >= 4 is 21.6 Å². The summed E-state index contributed by atoms with van der Waals surface area (Å²) in [5.74, 6) is 0.858. The van der Waals surface area contributed by atoms with E-state index in [-0.39, 0.29) is 10.8 Å². The summed E-state index contributed by atoms with van der Waals surface area (Å²) in [6, 6.07) is 21.2. The quantitative estimate of drug-likeness (QED) is 0.348. The maximum absolute atomic E-state index is 13.3.